The summed E-state index contributed by atoms with van der Waals surface area (Å²) in [6.07, 6.45) is 0. The average molecular weight is 833 g/mol. The fraction of sp³-hybridized carbons (Fsp3) is 0. The van der Waals surface area contributed by atoms with E-state index >= 15 is 0 Å². The predicted molar refractivity (Wildman–Crippen MR) is 257 cm³/mol. The molecule has 0 bridgehead atoms. The molecule has 8 heteroatoms. The number of benzene rings is 9. The van der Waals surface area contributed by atoms with E-state index in [2.05, 4.69) is 154 Å². The molecular weight excluding hydrogens is 805 g/mol. The maximum absolute atomic E-state index is 7.29. The Kier molecular flexibility index (Phi) is 6.36. The van der Waals surface area contributed by atoms with Crippen LogP contribution in [-0.2, 0) is 0 Å². The van der Waals surface area contributed by atoms with E-state index in [1.807, 2.05) is 24.3 Å². The summed E-state index contributed by atoms with van der Waals surface area (Å²) in [5.74, 6) is 0. The first-order chi connectivity index (χ1) is 30.7. The largest absolute Gasteiger partial charge is 0.455 e. The van der Waals surface area contributed by atoms with Gasteiger partial charge in [-0.1, -0.05) is 109 Å². The summed E-state index contributed by atoms with van der Waals surface area (Å²) in [6, 6.07) is 59.6. The number of para-hydroxylation sites is 6. The monoisotopic (exact) mass is 832 g/mol. The van der Waals surface area contributed by atoms with Crippen molar-refractivity contribution in [3.63, 3.8) is 0 Å². The Morgan fingerprint density at radius 3 is 1.24 bits per heavy atom. The van der Waals surface area contributed by atoms with Gasteiger partial charge < -0.3 is 26.5 Å². The fourth-order valence-electron chi connectivity index (χ4n) is 9.90. The summed E-state index contributed by atoms with van der Waals surface area (Å²) in [5, 5.41) is 4.41. The zero-order chi connectivity index (χ0) is 40.2. The Hall–Kier alpha value is -7.78. The lowest BCUT2D eigenvalue weighted by molar-refractivity contribution is 0.653. The van der Waals surface area contributed by atoms with Gasteiger partial charge in [0.05, 0.1) is 31.5 Å². The normalized spacial score (nSPS) is 12.5. The van der Waals surface area contributed by atoms with E-state index in [9.17, 15) is 0 Å². The molecule has 62 heavy (non-hydrogen) atoms. The van der Waals surface area contributed by atoms with Crippen molar-refractivity contribution in [3.05, 3.63) is 170 Å². The van der Waals surface area contributed by atoms with Crippen molar-refractivity contribution in [1.29, 1.82) is 0 Å². The maximum Gasteiger partial charge on any atom is 0.172 e. The SMILES string of the molecule is c1ccc2c(c1)oc1c(-c3ccc4c(c3)oc3c5sc6ccccc6n6c7ccc(-c8cccc9c8oc8ccccc89)cc7oc(c7sc8ccccc8n4c37)c56)cccc12. The first kappa shape index (κ1) is 33.0. The molecule has 6 nitrogen and oxygen atoms in total. The minimum atomic E-state index is 0.777. The van der Waals surface area contributed by atoms with Gasteiger partial charge in [0.25, 0.3) is 0 Å². The van der Waals surface area contributed by atoms with E-state index in [4.69, 9.17) is 17.7 Å². The lowest BCUT2D eigenvalue weighted by Gasteiger charge is -2.20. The molecule has 0 spiro atoms. The Morgan fingerprint density at radius 2 is 0.742 bits per heavy atom. The number of rotatable bonds is 2. The fourth-order valence-corrected chi connectivity index (χ4v) is 12.2. The minimum Gasteiger partial charge on any atom is -0.455 e. The second-order valence-corrected chi connectivity index (χ2v) is 18.1. The lowest BCUT2D eigenvalue weighted by Crippen LogP contribution is -2.01. The van der Waals surface area contributed by atoms with E-state index in [1.165, 1.54) is 0 Å². The lowest BCUT2D eigenvalue weighted by atomic mass is 10.0. The molecule has 0 aliphatic carbocycles. The van der Waals surface area contributed by atoms with Crippen LogP contribution < -0.4 is 0 Å². The molecule has 15 aromatic rings. The molecule has 6 aromatic heterocycles. The number of hydrogen-bond donors (Lipinski definition) is 0. The van der Waals surface area contributed by atoms with Crippen LogP contribution in [0.1, 0.15) is 0 Å². The van der Waals surface area contributed by atoms with Crippen LogP contribution in [0.25, 0.3) is 140 Å². The Morgan fingerprint density at radius 1 is 0.323 bits per heavy atom. The molecule has 0 aliphatic rings. The van der Waals surface area contributed by atoms with Crippen LogP contribution >= 0.6 is 22.7 Å². The van der Waals surface area contributed by atoms with Crippen LogP contribution in [0.3, 0.4) is 0 Å². The van der Waals surface area contributed by atoms with Gasteiger partial charge in [0.15, 0.2) is 22.3 Å². The number of hydrogen-bond acceptors (Lipinski definition) is 6. The van der Waals surface area contributed by atoms with Crippen LogP contribution in [-0.4, -0.2) is 8.80 Å². The molecular formula is C54H28N2O4S2. The van der Waals surface area contributed by atoms with Gasteiger partial charge in [0, 0.05) is 32.7 Å². The number of furan rings is 2. The van der Waals surface area contributed by atoms with Crippen LogP contribution in [0.15, 0.2) is 188 Å². The Balaban J connectivity index is 1.08. The van der Waals surface area contributed by atoms with Crippen molar-refractivity contribution in [3.8, 4) is 22.3 Å². The highest BCUT2D eigenvalue weighted by molar-refractivity contribution is 7.27. The van der Waals surface area contributed by atoms with Gasteiger partial charge in [-0.05, 0) is 71.8 Å². The third kappa shape index (κ3) is 4.31. The van der Waals surface area contributed by atoms with Crippen molar-refractivity contribution < 1.29 is 17.7 Å². The minimum absolute atomic E-state index is 0.777. The summed E-state index contributed by atoms with van der Waals surface area (Å²) in [7, 11) is 0. The second-order valence-electron chi connectivity index (χ2n) is 16.0. The third-order valence-corrected chi connectivity index (χ3v) is 14.9. The number of fused-ring (bicyclic) bond motifs is 16. The molecule has 0 radical (unpaired) electrons. The summed E-state index contributed by atoms with van der Waals surface area (Å²) < 4.78 is 36.7. The van der Waals surface area contributed by atoms with E-state index in [-0.39, 0.29) is 0 Å². The summed E-state index contributed by atoms with van der Waals surface area (Å²) >= 11 is 3.48. The molecule has 290 valence electrons. The summed E-state index contributed by atoms with van der Waals surface area (Å²) in [6.45, 7) is 0. The van der Waals surface area contributed by atoms with E-state index in [0.717, 1.165) is 140 Å². The Bertz CT molecular complexity index is 4190. The second kappa shape index (κ2) is 11.9. The zero-order valence-electron chi connectivity index (χ0n) is 32.5. The van der Waals surface area contributed by atoms with E-state index in [1.54, 1.807) is 22.7 Å². The predicted octanol–water partition coefficient (Wildman–Crippen LogP) is 16.7. The van der Waals surface area contributed by atoms with Crippen molar-refractivity contribution in [2.75, 3.05) is 0 Å². The quantitative estimate of drug-likeness (QED) is 0.129. The molecule has 0 N–H and O–H groups in total. The topological polar surface area (TPSA) is 61.4 Å². The van der Waals surface area contributed by atoms with Gasteiger partial charge in [0.2, 0.25) is 0 Å². The molecule has 0 saturated carbocycles. The molecule has 0 atom stereocenters. The van der Waals surface area contributed by atoms with Gasteiger partial charge in [-0.15, -0.1) is 22.7 Å². The molecule has 0 saturated heterocycles. The molecule has 0 amide bonds. The zero-order valence-corrected chi connectivity index (χ0v) is 34.1. The highest BCUT2D eigenvalue weighted by atomic mass is 32.1. The van der Waals surface area contributed by atoms with Crippen molar-refractivity contribution in [2.45, 2.75) is 0 Å². The highest BCUT2D eigenvalue weighted by Gasteiger charge is 2.25. The number of aromatic nitrogens is 2. The van der Waals surface area contributed by atoms with Gasteiger partial charge in [-0.2, -0.15) is 0 Å². The van der Waals surface area contributed by atoms with Gasteiger partial charge in [-0.3, -0.25) is 0 Å². The molecule has 15 rings (SSSR count). The molecule has 6 heterocycles. The smallest absolute Gasteiger partial charge is 0.172 e. The van der Waals surface area contributed by atoms with Gasteiger partial charge >= 0.3 is 0 Å². The first-order valence-corrected chi connectivity index (χ1v) is 22.2. The van der Waals surface area contributed by atoms with Crippen molar-refractivity contribution in [2.24, 2.45) is 0 Å². The Labute approximate surface area is 357 Å². The van der Waals surface area contributed by atoms with Crippen molar-refractivity contribution >= 4 is 141 Å². The molecule has 0 unspecified atom stereocenters. The van der Waals surface area contributed by atoms with E-state index in [0.29, 0.717) is 0 Å². The standard InChI is InChI=1S/C54H28N2O4S2/c1-5-19-41-33(11-1)35-15-9-13-31(49(35)57-41)29-23-25-37-43(27-29)59-51-47-54(62-45-21-7-3-17-39(45)55(37)47)52-48-53(51)61-46-22-8-4-18-40(46)56(48)38-26-24-30(28-44(38)60-52)32-14-10-16-36-34-12-2-6-20-42(34)58-50(32)36/h1-28H. The maximum atomic E-state index is 7.29. The molecule has 0 aliphatic heterocycles. The van der Waals surface area contributed by atoms with Gasteiger partial charge in [0.1, 0.15) is 42.8 Å². The van der Waals surface area contributed by atoms with Crippen LogP contribution in [0.5, 0.6) is 0 Å². The third-order valence-electron chi connectivity index (χ3n) is 12.6. The van der Waals surface area contributed by atoms with Crippen LogP contribution in [0.4, 0.5) is 0 Å². The number of nitrogens with zero attached hydrogens (tertiary/aromatic N) is 2. The first-order valence-electron chi connectivity index (χ1n) is 20.6. The molecule has 9 aromatic carbocycles. The summed E-state index contributed by atoms with van der Waals surface area (Å²) in [4.78, 5) is 0. The van der Waals surface area contributed by atoms with Crippen LogP contribution in [0.2, 0.25) is 0 Å². The van der Waals surface area contributed by atoms with E-state index < -0.39 is 0 Å². The van der Waals surface area contributed by atoms with Crippen molar-refractivity contribution in [1.82, 2.24) is 8.80 Å². The summed E-state index contributed by atoms with van der Waals surface area (Å²) in [5.41, 5.74) is 16.9. The highest BCUT2D eigenvalue weighted by Crippen LogP contribution is 2.48. The average Bonchev–Trinajstić information content (AvgIpc) is 3.91. The van der Waals surface area contributed by atoms with Gasteiger partial charge in [-0.25, -0.2) is 0 Å². The molecule has 0 fully saturated rings. The van der Waals surface area contributed by atoms with Crippen LogP contribution in [0, 0.1) is 0 Å².